The average molecular weight is 226 g/mol. The molecule has 1 fully saturated rings. The number of nitrogens with zero attached hydrogens (tertiary/aromatic N) is 1. The molecule has 1 aromatic rings. The van der Waals surface area contributed by atoms with E-state index in [-0.39, 0.29) is 11.9 Å². The SMILES string of the molecule is NC(c1ccncc1F)C1CCCCS1. The van der Waals surface area contributed by atoms with E-state index in [0.717, 1.165) is 12.2 Å². The Morgan fingerprint density at radius 1 is 1.53 bits per heavy atom. The van der Waals surface area contributed by atoms with E-state index in [9.17, 15) is 4.39 Å². The van der Waals surface area contributed by atoms with Gasteiger partial charge in [-0.25, -0.2) is 4.39 Å². The molecule has 4 heteroatoms. The average Bonchev–Trinajstić information content (AvgIpc) is 2.30. The summed E-state index contributed by atoms with van der Waals surface area (Å²) >= 11 is 1.86. The molecule has 0 aromatic carbocycles. The van der Waals surface area contributed by atoms with Gasteiger partial charge in [-0.15, -0.1) is 0 Å². The van der Waals surface area contributed by atoms with Gasteiger partial charge in [0.15, 0.2) is 0 Å². The highest BCUT2D eigenvalue weighted by Gasteiger charge is 2.24. The van der Waals surface area contributed by atoms with Crippen LogP contribution in [0.15, 0.2) is 18.5 Å². The molecule has 0 amide bonds. The van der Waals surface area contributed by atoms with E-state index < -0.39 is 0 Å². The lowest BCUT2D eigenvalue weighted by molar-refractivity contribution is 0.538. The van der Waals surface area contributed by atoms with Gasteiger partial charge in [-0.1, -0.05) is 6.42 Å². The maximum atomic E-state index is 13.4. The quantitative estimate of drug-likeness (QED) is 0.842. The van der Waals surface area contributed by atoms with Crippen molar-refractivity contribution in [3.05, 3.63) is 29.8 Å². The van der Waals surface area contributed by atoms with Gasteiger partial charge in [0.05, 0.1) is 6.20 Å². The van der Waals surface area contributed by atoms with Crippen LogP contribution in [0, 0.1) is 5.82 Å². The third-order valence-electron chi connectivity index (χ3n) is 2.78. The minimum absolute atomic E-state index is 0.196. The van der Waals surface area contributed by atoms with Crippen LogP contribution in [0.4, 0.5) is 4.39 Å². The highest BCUT2D eigenvalue weighted by atomic mass is 32.2. The summed E-state index contributed by atoms with van der Waals surface area (Å²) in [6.45, 7) is 0. The molecule has 2 N–H and O–H groups in total. The smallest absolute Gasteiger partial charge is 0.146 e. The first-order valence-electron chi connectivity index (χ1n) is 5.25. The van der Waals surface area contributed by atoms with Gasteiger partial charge in [-0.2, -0.15) is 11.8 Å². The predicted octanol–water partition coefficient (Wildman–Crippen LogP) is 2.51. The van der Waals surface area contributed by atoms with Gasteiger partial charge in [-0.3, -0.25) is 4.98 Å². The first kappa shape index (κ1) is 10.9. The van der Waals surface area contributed by atoms with E-state index in [2.05, 4.69) is 4.98 Å². The number of thioether (sulfide) groups is 1. The topological polar surface area (TPSA) is 38.9 Å². The lowest BCUT2D eigenvalue weighted by atomic mass is 10.0. The Balaban J connectivity index is 2.12. The Kier molecular flexibility index (Phi) is 3.59. The third kappa shape index (κ3) is 2.49. The largest absolute Gasteiger partial charge is 0.323 e. The minimum Gasteiger partial charge on any atom is -0.323 e. The van der Waals surface area contributed by atoms with Crippen molar-refractivity contribution in [3.63, 3.8) is 0 Å². The molecular formula is C11H15FN2S. The van der Waals surface area contributed by atoms with Crippen molar-refractivity contribution in [2.24, 2.45) is 5.73 Å². The number of hydrogen-bond donors (Lipinski definition) is 1. The van der Waals surface area contributed by atoms with Crippen LogP contribution < -0.4 is 5.73 Å². The van der Waals surface area contributed by atoms with E-state index in [4.69, 9.17) is 5.73 Å². The molecule has 0 aliphatic carbocycles. The van der Waals surface area contributed by atoms with Crippen molar-refractivity contribution >= 4 is 11.8 Å². The molecule has 1 aliphatic heterocycles. The van der Waals surface area contributed by atoms with Crippen LogP contribution in [0.1, 0.15) is 30.9 Å². The maximum absolute atomic E-state index is 13.4. The number of rotatable bonds is 2. The molecule has 2 rings (SSSR count). The molecule has 1 aliphatic rings. The van der Waals surface area contributed by atoms with Gasteiger partial charge in [-0.05, 0) is 24.7 Å². The first-order chi connectivity index (χ1) is 7.29. The van der Waals surface area contributed by atoms with Crippen molar-refractivity contribution in [1.29, 1.82) is 0 Å². The van der Waals surface area contributed by atoms with E-state index >= 15 is 0 Å². The molecule has 15 heavy (non-hydrogen) atoms. The highest BCUT2D eigenvalue weighted by molar-refractivity contribution is 8.00. The molecule has 0 saturated carbocycles. The highest BCUT2D eigenvalue weighted by Crippen LogP contribution is 2.33. The molecular weight excluding hydrogens is 211 g/mol. The van der Waals surface area contributed by atoms with Gasteiger partial charge in [0, 0.05) is 23.1 Å². The standard InChI is InChI=1S/C11H15FN2S/c12-9-7-14-5-4-8(9)11(13)10-3-1-2-6-15-10/h4-5,7,10-11H,1-3,6,13H2. The van der Waals surface area contributed by atoms with E-state index in [1.165, 1.54) is 19.0 Å². The molecule has 2 atom stereocenters. The number of pyridine rings is 1. The Bertz CT molecular complexity index is 326. The zero-order chi connectivity index (χ0) is 10.7. The Hall–Kier alpha value is -0.610. The Morgan fingerprint density at radius 2 is 2.40 bits per heavy atom. The van der Waals surface area contributed by atoms with Crippen molar-refractivity contribution in [3.8, 4) is 0 Å². The normalized spacial score (nSPS) is 23.7. The fourth-order valence-corrected chi connectivity index (χ4v) is 3.27. The number of nitrogens with two attached hydrogens (primary N) is 1. The second-order valence-corrected chi connectivity index (χ2v) is 5.18. The van der Waals surface area contributed by atoms with Crippen LogP contribution in [0.2, 0.25) is 0 Å². The summed E-state index contributed by atoms with van der Waals surface area (Å²) in [7, 11) is 0. The van der Waals surface area contributed by atoms with Crippen LogP contribution in [-0.4, -0.2) is 16.0 Å². The summed E-state index contributed by atoms with van der Waals surface area (Å²) in [4.78, 5) is 3.74. The van der Waals surface area contributed by atoms with Gasteiger partial charge in [0.2, 0.25) is 0 Å². The summed E-state index contributed by atoms with van der Waals surface area (Å²) in [6.07, 6.45) is 6.40. The maximum Gasteiger partial charge on any atom is 0.146 e. The lowest BCUT2D eigenvalue weighted by Gasteiger charge is -2.27. The molecule has 2 nitrogen and oxygen atoms in total. The molecule has 0 spiro atoms. The fourth-order valence-electron chi connectivity index (χ4n) is 1.91. The second kappa shape index (κ2) is 4.94. The molecule has 2 unspecified atom stereocenters. The number of halogens is 1. The van der Waals surface area contributed by atoms with Crippen LogP contribution in [-0.2, 0) is 0 Å². The summed E-state index contributed by atoms with van der Waals surface area (Å²) in [6, 6.07) is 1.49. The third-order valence-corrected chi connectivity index (χ3v) is 4.26. The molecule has 0 bridgehead atoms. The number of aromatic nitrogens is 1. The molecule has 82 valence electrons. The lowest BCUT2D eigenvalue weighted by Crippen LogP contribution is -2.27. The summed E-state index contributed by atoms with van der Waals surface area (Å²) in [5.74, 6) is 0.863. The van der Waals surface area contributed by atoms with Crippen molar-refractivity contribution in [1.82, 2.24) is 4.98 Å². The Labute approximate surface area is 93.5 Å². The predicted molar refractivity (Wildman–Crippen MR) is 61.2 cm³/mol. The summed E-state index contributed by atoms with van der Waals surface area (Å²) in [5, 5.41) is 0.357. The van der Waals surface area contributed by atoms with E-state index in [0.29, 0.717) is 10.8 Å². The minimum atomic E-state index is -0.281. The van der Waals surface area contributed by atoms with E-state index in [1.807, 2.05) is 11.8 Å². The first-order valence-corrected chi connectivity index (χ1v) is 6.30. The monoisotopic (exact) mass is 226 g/mol. The van der Waals surface area contributed by atoms with E-state index in [1.54, 1.807) is 12.3 Å². The molecule has 2 heterocycles. The fraction of sp³-hybridized carbons (Fsp3) is 0.545. The molecule has 1 saturated heterocycles. The van der Waals surface area contributed by atoms with Crippen LogP contribution in [0.3, 0.4) is 0 Å². The van der Waals surface area contributed by atoms with Crippen molar-refractivity contribution in [2.75, 3.05) is 5.75 Å². The zero-order valence-electron chi connectivity index (χ0n) is 8.53. The van der Waals surface area contributed by atoms with Gasteiger partial charge in [0.25, 0.3) is 0 Å². The molecule has 0 radical (unpaired) electrons. The van der Waals surface area contributed by atoms with Crippen molar-refractivity contribution in [2.45, 2.75) is 30.6 Å². The van der Waals surface area contributed by atoms with Gasteiger partial charge < -0.3 is 5.73 Å². The summed E-state index contributed by atoms with van der Waals surface area (Å²) < 4.78 is 13.4. The van der Waals surface area contributed by atoms with Crippen LogP contribution >= 0.6 is 11.8 Å². The van der Waals surface area contributed by atoms with Gasteiger partial charge in [0.1, 0.15) is 5.82 Å². The molecule has 1 aromatic heterocycles. The second-order valence-electron chi connectivity index (χ2n) is 3.83. The summed E-state index contributed by atoms with van der Waals surface area (Å²) in [5.41, 5.74) is 6.68. The zero-order valence-corrected chi connectivity index (χ0v) is 9.34. The van der Waals surface area contributed by atoms with Crippen molar-refractivity contribution < 1.29 is 4.39 Å². The Morgan fingerprint density at radius 3 is 3.07 bits per heavy atom. The van der Waals surface area contributed by atoms with Gasteiger partial charge >= 0.3 is 0 Å². The van der Waals surface area contributed by atoms with Crippen LogP contribution in [0.5, 0.6) is 0 Å². The number of hydrogen-bond acceptors (Lipinski definition) is 3. The van der Waals surface area contributed by atoms with Crippen LogP contribution in [0.25, 0.3) is 0 Å².